The van der Waals surface area contributed by atoms with Gasteiger partial charge in [0.1, 0.15) is 11.7 Å². The summed E-state index contributed by atoms with van der Waals surface area (Å²) in [6, 6.07) is 0. The molecule has 0 aromatic heterocycles. The smallest absolute Gasteiger partial charge is 0.337 e. The number of hydrogen-bond donors (Lipinski definition) is 2. The summed E-state index contributed by atoms with van der Waals surface area (Å²) in [4.78, 5) is 12.5. The summed E-state index contributed by atoms with van der Waals surface area (Å²) >= 11 is 0. The second kappa shape index (κ2) is 4.21. The van der Waals surface area contributed by atoms with Gasteiger partial charge in [0, 0.05) is 16.9 Å². The quantitative estimate of drug-likeness (QED) is 0.591. The molecule has 0 aromatic carbocycles. The third-order valence-electron chi connectivity index (χ3n) is 7.03. The number of ether oxygens (including phenoxy) is 2. The third-order valence-corrected chi connectivity index (χ3v) is 7.03. The van der Waals surface area contributed by atoms with E-state index in [9.17, 15) is 15.0 Å². The maximum atomic E-state index is 12.5. The van der Waals surface area contributed by atoms with Crippen LogP contribution in [-0.2, 0) is 14.3 Å². The summed E-state index contributed by atoms with van der Waals surface area (Å²) in [6.45, 7) is 6.13. The lowest BCUT2D eigenvalue weighted by atomic mass is 9.64. The summed E-state index contributed by atoms with van der Waals surface area (Å²) in [5, 5.41) is 22.1. The molecule has 3 fully saturated rings. The molecule has 0 aromatic rings. The number of carbonyl (C=O) groups is 1. The highest BCUT2D eigenvalue weighted by molar-refractivity contribution is 5.94. The van der Waals surface area contributed by atoms with E-state index in [1.54, 1.807) is 6.92 Å². The van der Waals surface area contributed by atoms with Crippen molar-refractivity contribution in [2.24, 2.45) is 11.3 Å². The number of fused-ring (bicyclic) bond motifs is 2. The van der Waals surface area contributed by atoms with Gasteiger partial charge in [-0.3, -0.25) is 0 Å². The van der Waals surface area contributed by atoms with Crippen LogP contribution in [0.4, 0.5) is 0 Å². The zero-order chi connectivity index (χ0) is 16.9. The van der Waals surface area contributed by atoms with Crippen LogP contribution in [0.15, 0.2) is 35.5 Å². The molecule has 24 heavy (non-hydrogen) atoms. The van der Waals surface area contributed by atoms with E-state index in [2.05, 4.69) is 6.58 Å². The summed E-state index contributed by atoms with van der Waals surface area (Å²) in [7, 11) is 0. The first-order valence-corrected chi connectivity index (χ1v) is 8.75. The van der Waals surface area contributed by atoms with Crippen LogP contribution < -0.4 is 0 Å². The van der Waals surface area contributed by atoms with Crippen LogP contribution in [0, 0.1) is 11.3 Å². The van der Waals surface area contributed by atoms with Gasteiger partial charge < -0.3 is 19.7 Å². The van der Waals surface area contributed by atoms with Gasteiger partial charge in [0.25, 0.3) is 0 Å². The molecule has 0 amide bonds. The first-order chi connectivity index (χ1) is 11.4. The molecule has 2 aliphatic heterocycles. The van der Waals surface area contributed by atoms with E-state index in [1.807, 2.05) is 12.2 Å². The Kier molecular flexibility index (Phi) is 2.61. The van der Waals surface area contributed by atoms with Crippen molar-refractivity contribution in [2.45, 2.75) is 56.0 Å². The van der Waals surface area contributed by atoms with E-state index in [1.165, 1.54) is 0 Å². The largest absolute Gasteiger partial charge is 0.463 e. The third kappa shape index (κ3) is 1.38. The minimum atomic E-state index is -0.890. The Balaban J connectivity index is 1.69. The lowest BCUT2D eigenvalue weighted by Gasteiger charge is -2.43. The fourth-order valence-corrected chi connectivity index (χ4v) is 6.16. The van der Waals surface area contributed by atoms with E-state index in [-0.39, 0.29) is 5.92 Å². The zero-order valence-corrected chi connectivity index (χ0v) is 13.7. The van der Waals surface area contributed by atoms with Gasteiger partial charge in [0.2, 0.25) is 0 Å². The molecular formula is C19H22O5. The molecule has 2 spiro atoms. The van der Waals surface area contributed by atoms with Gasteiger partial charge in [0.05, 0.1) is 23.9 Å². The van der Waals surface area contributed by atoms with Crippen molar-refractivity contribution in [1.29, 1.82) is 0 Å². The summed E-state index contributed by atoms with van der Waals surface area (Å²) in [5.41, 5.74) is -0.139. The Bertz CT molecular complexity index is 736. The van der Waals surface area contributed by atoms with Gasteiger partial charge in [-0.2, -0.15) is 0 Å². The van der Waals surface area contributed by atoms with Crippen LogP contribution in [0.25, 0.3) is 0 Å². The SMILES string of the molecule is C=C1C[C@]23C[C@@]1(O)CC[C@H]2[C@@]12C=C[C@@H](O1)C(C(=O)OCC)=C2[C@@H]3O. The van der Waals surface area contributed by atoms with Crippen molar-refractivity contribution in [1.82, 2.24) is 0 Å². The molecule has 128 valence electrons. The standard InChI is InChI=1S/C19H22O5/c1-3-23-16(21)13-11-4-7-19(24-11)12-5-6-18(22)9-17(12,8-10(18)2)15(20)14(13)19/h4,7,11-12,15,20,22H,2-3,5-6,8-9H2,1H3/t11-,12-,15+,17+,18+,19-/m1/s1. The van der Waals surface area contributed by atoms with Crippen molar-refractivity contribution >= 4 is 5.97 Å². The topological polar surface area (TPSA) is 76.0 Å². The average molecular weight is 330 g/mol. The van der Waals surface area contributed by atoms with Crippen molar-refractivity contribution in [3.63, 3.8) is 0 Å². The molecule has 0 saturated heterocycles. The molecule has 3 saturated carbocycles. The molecule has 2 N–H and O–H groups in total. The van der Waals surface area contributed by atoms with Crippen LogP contribution in [-0.4, -0.2) is 46.2 Å². The van der Waals surface area contributed by atoms with E-state index in [4.69, 9.17) is 9.47 Å². The number of carbonyl (C=O) groups excluding carboxylic acids is 1. The highest BCUT2D eigenvalue weighted by Gasteiger charge is 2.75. The molecule has 2 heterocycles. The molecule has 5 aliphatic rings. The van der Waals surface area contributed by atoms with Gasteiger partial charge >= 0.3 is 5.97 Å². The molecule has 0 unspecified atom stereocenters. The molecule has 3 aliphatic carbocycles. The number of esters is 1. The van der Waals surface area contributed by atoms with Gasteiger partial charge in [-0.1, -0.05) is 12.7 Å². The fourth-order valence-electron chi connectivity index (χ4n) is 6.16. The van der Waals surface area contributed by atoms with Crippen LogP contribution >= 0.6 is 0 Å². The molecule has 5 nitrogen and oxygen atoms in total. The molecule has 6 atom stereocenters. The maximum absolute atomic E-state index is 12.5. The Morgan fingerprint density at radius 1 is 1.54 bits per heavy atom. The average Bonchev–Trinajstić information content (AvgIpc) is 3.19. The monoisotopic (exact) mass is 330 g/mol. The maximum Gasteiger partial charge on any atom is 0.337 e. The number of rotatable bonds is 2. The first-order valence-electron chi connectivity index (χ1n) is 8.75. The minimum absolute atomic E-state index is 0.0581. The summed E-state index contributed by atoms with van der Waals surface area (Å²) in [6.07, 6.45) is 5.17. The lowest BCUT2D eigenvalue weighted by molar-refractivity contribution is -0.140. The number of hydrogen-bond acceptors (Lipinski definition) is 5. The van der Waals surface area contributed by atoms with Crippen molar-refractivity contribution < 1.29 is 24.5 Å². The normalized spacial score (nSPS) is 50.5. The zero-order valence-electron chi connectivity index (χ0n) is 13.7. The Morgan fingerprint density at radius 2 is 2.33 bits per heavy atom. The molecule has 5 heteroatoms. The van der Waals surface area contributed by atoms with Crippen molar-refractivity contribution in [3.05, 3.63) is 35.5 Å². The lowest BCUT2D eigenvalue weighted by Crippen LogP contribution is -2.46. The van der Waals surface area contributed by atoms with Crippen molar-refractivity contribution in [3.8, 4) is 0 Å². The van der Waals surface area contributed by atoms with E-state index >= 15 is 0 Å². The highest BCUT2D eigenvalue weighted by Crippen LogP contribution is 2.72. The summed E-state index contributed by atoms with van der Waals surface area (Å²) in [5.74, 6) is -0.340. The minimum Gasteiger partial charge on any atom is -0.463 e. The second-order valence-electron chi connectivity index (χ2n) is 7.95. The van der Waals surface area contributed by atoms with Crippen LogP contribution in [0.3, 0.4) is 0 Å². The first kappa shape index (κ1) is 14.9. The highest BCUT2D eigenvalue weighted by atomic mass is 16.5. The van der Waals surface area contributed by atoms with E-state index < -0.39 is 34.8 Å². The van der Waals surface area contributed by atoms with Gasteiger partial charge in [-0.05, 0) is 44.3 Å². The Labute approximate surface area is 140 Å². The fraction of sp³-hybridized carbons (Fsp3) is 0.632. The van der Waals surface area contributed by atoms with E-state index in [0.29, 0.717) is 37.0 Å². The summed E-state index contributed by atoms with van der Waals surface area (Å²) < 4.78 is 11.5. The van der Waals surface area contributed by atoms with Crippen molar-refractivity contribution in [2.75, 3.05) is 6.61 Å². The van der Waals surface area contributed by atoms with Crippen LogP contribution in [0.1, 0.15) is 32.6 Å². The predicted molar refractivity (Wildman–Crippen MR) is 84.9 cm³/mol. The van der Waals surface area contributed by atoms with Crippen LogP contribution in [0.2, 0.25) is 0 Å². The number of aliphatic hydroxyl groups excluding tert-OH is 1. The van der Waals surface area contributed by atoms with Gasteiger partial charge in [-0.15, -0.1) is 0 Å². The Hall–Kier alpha value is -1.43. The predicted octanol–water partition coefficient (Wildman–Crippen LogP) is 1.41. The van der Waals surface area contributed by atoms with E-state index in [0.717, 1.165) is 12.0 Å². The number of aliphatic hydroxyl groups is 2. The van der Waals surface area contributed by atoms with Crippen LogP contribution in [0.5, 0.6) is 0 Å². The molecule has 5 rings (SSSR count). The molecule has 0 radical (unpaired) electrons. The van der Waals surface area contributed by atoms with Gasteiger partial charge in [0.15, 0.2) is 0 Å². The second-order valence-corrected chi connectivity index (χ2v) is 7.95. The Morgan fingerprint density at radius 3 is 3.08 bits per heavy atom. The molecule has 4 bridgehead atoms. The molecular weight excluding hydrogens is 308 g/mol. The van der Waals surface area contributed by atoms with Gasteiger partial charge in [-0.25, -0.2) is 4.79 Å².